The maximum Gasteiger partial charge on any atom is 0.194 e. The predicted octanol–water partition coefficient (Wildman–Crippen LogP) is 2.42. The Morgan fingerprint density at radius 1 is 1.29 bits per heavy atom. The molecule has 0 radical (unpaired) electrons. The maximum atomic E-state index is 5.31. The normalized spacial score (nSPS) is 10.2. The highest BCUT2D eigenvalue weighted by Crippen LogP contribution is 2.02. The fourth-order valence-corrected chi connectivity index (χ4v) is 1.94. The molecule has 1 aromatic carbocycles. The third kappa shape index (κ3) is 2.91. The number of rotatable bonds is 2. The molecule has 88 valence electrons. The first-order valence-electron chi connectivity index (χ1n) is 5.52. The van der Waals surface area contributed by atoms with E-state index in [1.165, 1.54) is 5.56 Å². The minimum Gasteiger partial charge on any atom is -0.357 e. The van der Waals surface area contributed by atoms with Crippen LogP contribution in [0.3, 0.4) is 0 Å². The Hall–Kier alpha value is -1.68. The zero-order chi connectivity index (χ0) is 12.3. The molecule has 1 N–H and O–H groups in total. The van der Waals surface area contributed by atoms with E-state index in [2.05, 4.69) is 22.5 Å². The van der Waals surface area contributed by atoms with E-state index in [9.17, 15) is 0 Å². The van der Waals surface area contributed by atoms with Crippen LogP contribution in [0.1, 0.15) is 17.0 Å². The molecule has 0 unspecified atom stereocenters. The van der Waals surface area contributed by atoms with Gasteiger partial charge in [-0.05, 0) is 37.7 Å². The molecule has 1 heterocycles. The van der Waals surface area contributed by atoms with Gasteiger partial charge in [0.1, 0.15) is 0 Å². The number of aryl methyl sites for hydroxylation is 2. The smallest absolute Gasteiger partial charge is 0.194 e. The van der Waals surface area contributed by atoms with Crippen LogP contribution < -0.4 is 5.32 Å². The van der Waals surface area contributed by atoms with Gasteiger partial charge < -0.3 is 5.32 Å². The molecule has 0 saturated carbocycles. The summed E-state index contributed by atoms with van der Waals surface area (Å²) in [6, 6.07) is 12.2. The number of hydrogen-bond acceptors (Lipinski definition) is 2. The first kappa shape index (κ1) is 11.8. The zero-order valence-electron chi connectivity index (χ0n) is 9.97. The molecule has 0 saturated heterocycles. The lowest BCUT2D eigenvalue weighted by molar-refractivity contribution is 0.812. The zero-order valence-corrected chi connectivity index (χ0v) is 10.8. The summed E-state index contributed by atoms with van der Waals surface area (Å²) in [7, 11) is 0. The van der Waals surface area contributed by atoms with E-state index in [0.717, 1.165) is 17.9 Å². The maximum absolute atomic E-state index is 5.31. The minimum absolute atomic E-state index is 0.638. The van der Waals surface area contributed by atoms with Crippen LogP contribution in [0.25, 0.3) is 0 Å². The van der Waals surface area contributed by atoms with Crippen molar-refractivity contribution in [1.29, 1.82) is 0 Å². The fraction of sp³-hybridized carbons (Fsp3) is 0.231. The summed E-state index contributed by atoms with van der Waals surface area (Å²) < 4.78 is 1.76. The molecule has 0 aliphatic carbocycles. The van der Waals surface area contributed by atoms with Crippen molar-refractivity contribution >= 4 is 17.3 Å². The Labute approximate surface area is 106 Å². The van der Waals surface area contributed by atoms with Crippen molar-refractivity contribution in [1.82, 2.24) is 15.1 Å². The quantitative estimate of drug-likeness (QED) is 0.824. The van der Waals surface area contributed by atoms with E-state index in [-0.39, 0.29) is 0 Å². The number of hydrogen-bond donors (Lipinski definition) is 1. The molecule has 0 aliphatic rings. The predicted molar refractivity (Wildman–Crippen MR) is 73.0 cm³/mol. The van der Waals surface area contributed by atoms with Crippen LogP contribution in [0, 0.1) is 13.8 Å². The first-order chi connectivity index (χ1) is 8.16. The van der Waals surface area contributed by atoms with E-state index in [1.54, 1.807) is 4.68 Å². The molecule has 0 bridgehead atoms. The average molecular weight is 245 g/mol. The summed E-state index contributed by atoms with van der Waals surface area (Å²) in [4.78, 5) is 0. The van der Waals surface area contributed by atoms with E-state index < -0.39 is 0 Å². The first-order valence-corrected chi connectivity index (χ1v) is 5.93. The Morgan fingerprint density at radius 3 is 2.59 bits per heavy atom. The Bertz CT molecular complexity index is 517. The van der Waals surface area contributed by atoms with Crippen molar-refractivity contribution in [2.24, 2.45) is 0 Å². The van der Waals surface area contributed by atoms with Crippen LogP contribution in [-0.2, 0) is 6.54 Å². The molecule has 0 atom stereocenters. The molecular weight excluding hydrogens is 230 g/mol. The van der Waals surface area contributed by atoms with Gasteiger partial charge >= 0.3 is 0 Å². The highest BCUT2D eigenvalue weighted by molar-refractivity contribution is 7.80. The molecule has 2 rings (SSSR count). The van der Waals surface area contributed by atoms with Gasteiger partial charge in [-0.1, -0.05) is 30.3 Å². The molecule has 17 heavy (non-hydrogen) atoms. The SMILES string of the molecule is Cc1cc(C)n(C(=S)NCc2ccccc2)n1. The molecular formula is C13H15N3S. The molecule has 3 nitrogen and oxygen atoms in total. The second kappa shape index (κ2) is 5.10. The van der Waals surface area contributed by atoms with Crippen molar-refractivity contribution in [3.8, 4) is 0 Å². The molecule has 0 spiro atoms. The second-order valence-corrected chi connectivity index (χ2v) is 4.37. The van der Waals surface area contributed by atoms with E-state index in [0.29, 0.717) is 5.11 Å². The third-order valence-corrected chi connectivity index (χ3v) is 2.81. The standard InChI is InChI=1S/C13H15N3S/c1-10-8-11(2)16(15-10)13(17)14-9-12-6-4-3-5-7-12/h3-8H,9H2,1-2H3,(H,14,17). The van der Waals surface area contributed by atoms with E-state index in [4.69, 9.17) is 12.2 Å². The van der Waals surface area contributed by atoms with E-state index >= 15 is 0 Å². The lowest BCUT2D eigenvalue weighted by Gasteiger charge is -2.09. The molecule has 0 aliphatic heterocycles. The summed E-state index contributed by atoms with van der Waals surface area (Å²) in [5, 5.41) is 8.18. The van der Waals surface area contributed by atoms with Crippen molar-refractivity contribution < 1.29 is 0 Å². The van der Waals surface area contributed by atoms with Crippen LogP contribution in [-0.4, -0.2) is 14.9 Å². The summed E-state index contributed by atoms with van der Waals surface area (Å²) in [6.45, 7) is 4.68. The van der Waals surface area contributed by atoms with Gasteiger partial charge in [-0.15, -0.1) is 0 Å². The molecule has 4 heteroatoms. The third-order valence-electron chi connectivity index (χ3n) is 2.49. The number of aromatic nitrogens is 2. The summed E-state index contributed by atoms with van der Waals surface area (Å²) in [5.41, 5.74) is 3.23. The van der Waals surface area contributed by atoms with Crippen LogP contribution in [0.15, 0.2) is 36.4 Å². The van der Waals surface area contributed by atoms with Crippen molar-refractivity contribution in [3.63, 3.8) is 0 Å². The molecule has 1 aromatic heterocycles. The van der Waals surface area contributed by atoms with Gasteiger partial charge in [-0.25, -0.2) is 4.68 Å². The van der Waals surface area contributed by atoms with Gasteiger partial charge in [0, 0.05) is 12.2 Å². The Kier molecular flexibility index (Phi) is 3.54. The van der Waals surface area contributed by atoms with Crippen LogP contribution in [0.4, 0.5) is 0 Å². The van der Waals surface area contributed by atoms with E-state index in [1.807, 2.05) is 38.1 Å². The lowest BCUT2D eigenvalue weighted by atomic mass is 10.2. The summed E-state index contributed by atoms with van der Waals surface area (Å²) >= 11 is 5.31. The van der Waals surface area contributed by atoms with Gasteiger partial charge in [-0.3, -0.25) is 0 Å². The monoisotopic (exact) mass is 245 g/mol. The number of thiocarbonyl (C=S) groups is 1. The van der Waals surface area contributed by atoms with Gasteiger partial charge in [-0.2, -0.15) is 5.10 Å². The Morgan fingerprint density at radius 2 is 2.00 bits per heavy atom. The topological polar surface area (TPSA) is 29.9 Å². The van der Waals surface area contributed by atoms with Gasteiger partial charge in [0.15, 0.2) is 5.11 Å². The highest BCUT2D eigenvalue weighted by atomic mass is 32.1. The number of nitrogens with one attached hydrogen (secondary N) is 1. The van der Waals surface area contributed by atoms with Gasteiger partial charge in [0.05, 0.1) is 5.69 Å². The van der Waals surface area contributed by atoms with Crippen molar-refractivity contribution in [2.45, 2.75) is 20.4 Å². The van der Waals surface area contributed by atoms with Crippen molar-refractivity contribution in [3.05, 3.63) is 53.3 Å². The summed E-state index contributed by atoms with van der Waals surface area (Å²) in [5.74, 6) is 0. The Balaban J connectivity index is 2.01. The minimum atomic E-state index is 0.638. The molecule has 0 amide bonds. The highest BCUT2D eigenvalue weighted by Gasteiger charge is 2.05. The molecule has 2 aromatic rings. The lowest BCUT2D eigenvalue weighted by Crippen LogP contribution is -2.29. The average Bonchev–Trinajstić information content (AvgIpc) is 2.67. The fourth-order valence-electron chi connectivity index (χ4n) is 1.68. The van der Waals surface area contributed by atoms with Crippen LogP contribution >= 0.6 is 12.2 Å². The van der Waals surface area contributed by atoms with Crippen molar-refractivity contribution in [2.75, 3.05) is 0 Å². The number of benzene rings is 1. The van der Waals surface area contributed by atoms with Crippen LogP contribution in [0.2, 0.25) is 0 Å². The van der Waals surface area contributed by atoms with Crippen LogP contribution in [0.5, 0.6) is 0 Å². The number of nitrogens with zero attached hydrogens (tertiary/aromatic N) is 2. The second-order valence-electron chi connectivity index (χ2n) is 3.98. The molecule has 0 fully saturated rings. The summed E-state index contributed by atoms with van der Waals surface area (Å²) in [6.07, 6.45) is 0. The van der Waals surface area contributed by atoms with Gasteiger partial charge in [0.2, 0.25) is 0 Å². The largest absolute Gasteiger partial charge is 0.357 e. The van der Waals surface area contributed by atoms with Gasteiger partial charge in [0.25, 0.3) is 0 Å².